The zero-order valence-electron chi connectivity index (χ0n) is 37.0. The van der Waals surface area contributed by atoms with Crippen LogP contribution in [0.25, 0.3) is 44.5 Å². The average molecular weight is 843 g/mol. The number of hydrogen-bond acceptors (Lipinski definition) is 2. The monoisotopic (exact) mass is 842 g/mol. The van der Waals surface area contributed by atoms with Gasteiger partial charge in [0.2, 0.25) is 0 Å². The van der Waals surface area contributed by atoms with Gasteiger partial charge in [-0.2, -0.15) is 0 Å². The molecule has 0 amide bonds. The molecule has 10 aromatic carbocycles. The second kappa shape index (κ2) is 14.7. The van der Waals surface area contributed by atoms with Crippen LogP contribution in [0.1, 0.15) is 47.2 Å². The number of hydrogen-bond donors (Lipinski definition) is 0. The summed E-state index contributed by atoms with van der Waals surface area (Å²) < 4.78 is 0. The maximum absolute atomic E-state index is 2.57. The van der Waals surface area contributed by atoms with E-state index in [9.17, 15) is 0 Å². The van der Waals surface area contributed by atoms with Crippen molar-refractivity contribution >= 4 is 34.1 Å². The van der Waals surface area contributed by atoms with E-state index in [1.54, 1.807) is 0 Å². The van der Waals surface area contributed by atoms with Gasteiger partial charge >= 0.3 is 0 Å². The molecule has 0 radical (unpaired) electrons. The molecule has 0 saturated carbocycles. The zero-order chi connectivity index (χ0) is 44.0. The van der Waals surface area contributed by atoms with E-state index in [1.165, 1.54) is 89.3 Å². The van der Waals surface area contributed by atoms with Gasteiger partial charge in [-0.25, -0.2) is 0 Å². The smallest absolute Gasteiger partial charge is 0.0755 e. The molecule has 0 atom stereocenters. The summed E-state index contributed by atoms with van der Waals surface area (Å²) in [5.74, 6) is 0. The van der Waals surface area contributed by atoms with E-state index in [0.29, 0.717) is 0 Å². The van der Waals surface area contributed by atoms with E-state index >= 15 is 0 Å². The molecule has 0 saturated heterocycles. The van der Waals surface area contributed by atoms with Crippen LogP contribution in [-0.4, -0.2) is 0 Å². The fourth-order valence-electron chi connectivity index (χ4n) is 11.9. The Hall–Kier alpha value is -8.20. The van der Waals surface area contributed by atoms with Crippen molar-refractivity contribution in [1.82, 2.24) is 0 Å². The average Bonchev–Trinajstić information content (AvgIpc) is 3.80. The van der Waals surface area contributed by atoms with E-state index in [1.807, 2.05) is 0 Å². The molecule has 2 aliphatic carbocycles. The van der Waals surface area contributed by atoms with E-state index in [4.69, 9.17) is 0 Å². The van der Waals surface area contributed by atoms with Crippen LogP contribution in [-0.2, 0) is 10.8 Å². The van der Waals surface area contributed by atoms with Crippen LogP contribution in [0.5, 0.6) is 0 Å². The van der Waals surface area contributed by atoms with Gasteiger partial charge in [0.05, 0.1) is 28.2 Å². The van der Waals surface area contributed by atoms with Crippen LogP contribution >= 0.6 is 0 Å². The number of fused-ring (bicyclic) bond motifs is 12. The van der Waals surface area contributed by atoms with Gasteiger partial charge in [-0.15, -0.1) is 0 Å². The Morgan fingerprint density at radius 1 is 0.333 bits per heavy atom. The van der Waals surface area contributed by atoms with Crippen molar-refractivity contribution in [3.63, 3.8) is 0 Å². The molecule has 2 heteroatoms. The lowest BCUT2D eigenvalue weighted by atomic mass is 9.64. The molecule has 10 aromatic rings. The molecule has 13 rings (SSSR count). The van der Waals surface area contributed by atoms with Gasteiger partial charge in [0.1, 0.15) is 0 Å². The molecule has 66 heavy (non-hydrogen) atoms. The zero-order valence-corrected chi connectivity index (χ0v) is 37.0. The second-order valence-electron chi connectivity index (χ2n) is 18.4. The minimum atomic E-state index is -0.590. The second-order valence-corrected chi connectivity index (χ2v) is 18.4. The van der Waals surface area contributed by atoms with Gasteiger partial charge in [0, 0.05) is 27.9 Å². The van der Waals surface area contributed by atoms with E-state index in [-0.39, 0.29) is 5.41 Å². The lowest BCUT2D eigenvalue weighted by Gasteiger charge is -2.45. The molecule has 312 valence electrons. The number of rotatable bonds is 6. The summed E-state index contributed by atoms with van der Waals surface area (Å²) in [7, 11) is 0. The highest BCUT2D eigenvalue weighted by molar-refractivity contribution is 6.03. The molecular weight excluding hydrogens is 797 g/mol. The fourth-order valence-corrected chi connectivity index (χ4v) is 11.9. The first kappa shape index (κ1) is 38.3. The van der Waals surface area contributed by atoms with Crippen LogP contribution in [0.2, 0.25) is 0 Å². The van der Waals surface area contributed by atoms with Crippen LogP contribution in [0.4, 0.5) is 34.1 Å². The van der Waals surface area contributed by atoms with Crippen molar-refractivity contribution in [3.8, 4) is 44.5 Å². The third kappa shape index (κ3) is 5.36. The molecule has 0 bridgehead atoms. The van der Waals surface area contributed by atoms with E-state index in [2.05, 4.69) is 266 Å². The van der Waals surface area contributed by atoms with Gasteiger partial charge in [-0.1, -0.05) is 208 Å². The summed E-state index contributed by atoms with van der Waals surface area (Å²) in [6.07, 6.45) is 0. The van der Waals surface area contributed by atoms with Crippen molar-refractivity contribution in [2.45, 2.75) is 24.7 Å². The lowest BCUT2D eigenvalue weighted by Crippen LogP contribution is -2.36. The highest BCUT2D eigenvalue weighted by atomic mass is 15.2. The molecule has 0 unspecified atom stereocenters. The van der Waals surface area contributed by atoms with E-state index < -0.39 is 5.41 Å². The molecule has 1 heterocycles. The maximum Gasteiger partial charge on any atom is 0.0755 e. The van der Waals surface area contributed by atoms with Crippen molar-refractivity contribution in [2.75, 3.05) is 9.80 Å². The van der Waals surface area contributed by atoms with Gasteiger partial charge in [-0.3, -0.25) is 0 Å². The number of para-hydroxylation sites is 4. The predicted octanol–water partition coefficient (Wildman–Crippen LogP) is 16.9. The van der Waals surface area contributed by atoms with Crippen LogP contribution in [0, 0.1) is 0 Å². The normalized spacial score (nSPS) is 14.1. The van der Waals surface area contributed by atoms with Gasteiger partial charge < -0.3 is 9.80 Å². The summed E-state index contributed by atoms with van der Waals surface area (Å²) >= 11 is 0. The largest absolute Gasteiger partial charge is 0.310 e. The number of nitrogens with zero attached hydrogens (tertiary/aromatic N) is 2. The summed E-state index contributed by atoms with van der Waals surface area (Å²) in [4.78, 5) is 5.03. The van der Waals surface area contributed by atoms with Gasteiger partial charge in [0.15, 0.2) is 0 Å². The first-order valence-corrected chi connectivity index (χ1v) is 23.1. The molecule has 3 aliphatic rings. The van der Waals surface area contributed by atoms with Crippen molar-refractivity contribution in [3.05, 3.63) is 276 Å². The molecule has 1 aliphatic heterocycles. The Kier molecular flexibility index (Phi) is 8.51. The molecule has 0 fully saturated rings. The predicted molar refractivity (Wildman–Crippen MR) is 275 cm³/mol. The number of anilines is 6. The summed E-state index contributed by atoms with van der Waals surface area (Å²) in [5.41, 5.74) is 23.9. The van der Waals surface area contributed by atoms with Crippen LogP contribution in [0.15, 0.2) is 243 Å². The third-order valence-corrected chi connectivity index (χ3v) is 14.7. The third-order valence-electron chi connectivity index (χ3n) is 14.7. The Balaban J connectivity index is 1.11. The Morgan fingerprint density at radius 3 is 1.55 bits per heavy atom. The summed E-state index contributed by atoms with van der Waals surface area (Å²) in [6.45, 7) is 4.76. The Morgan fingerprint density at radius 2 is 0.833 bits per heavy atom. The summed E-state index contributed by atoms with van der Waals surface area (Å²) in [6, 6.07) is 90.1. The minimum absolute atomic E-state index is 0.178. The first-order chi connectivity index (χ1) is 32.5. The molecular formula is C64H46N2. The van der Waals surface area contributed by atoms with E-state index in [0.717, 1.165) is 22.7 Å². The molecule has 2 nitrogen and oxygen atoms in total. The van der Waals surface area contributed by atoms with Crippen LogP contribution < -0.4 is 9.80 Å². The molecule has 0 aromatic heterocycles. The topological polar surface area (TPSA) is 6.48 Å². The first-order valence-electron chi connectivity index (χ1n) is 23.1. The van der Waals surface area contributed by atoms with Crippen LogP contribution in [0.3, 0.4) is 0 Å². The SMILES string of the molecule is CC1(C)c2ccccc2-c2ccc(N(c3ccccc3-c3ccccc3-c3ccccc3)c3cccc4c3-c3ccccc3C43c4ccccc4N(c4ccccc4)c4ccccc43)cc21. The molecule has 0 N–H and O–H groups in total. The maximum atomic E-state index is 2.57. The Labute approximate surface area is 387 Å². The molecule has 1 spiro atoms. The lowest BCUT2D eigenvalue weighted by molar-refractivity contribution is 0.660. The van der Waals surface area contributed by atoms with Gasteiger partial charge in [0.25, 0.3) is 0 Å². The fraction of sp³-hybridized carbons (Fsp3) is 0.0625. The number of benzene rings is 10. The standard InChI is InChI=1S/C64H46N2/c1-63(2)52-31-14-11-28-48(52)49-41-40-45(42-57(49)63)66(58-36-18-13-29-50(58)47-27-10-9-26-46(47)43-22-5-3-6-23-43)61-39-21-35-56-62(61)51-30-12-15-32-53(51)64(56)54-33-16-19-37-59(54)65(44-24-7-4-8-25-44)60-38-20-17-34-55(60)64/h3-42H,1-2H3. The Bertz CT molecular complexity index is 3480. The summed E-state index contributed by atoms with van der Waals surface area (Å²) in [5, 5.41) is 0. The highest BCUT2D eigenvalue weighted by Gasteiger charge is 2.52. The van der Waals surface area contributed by atoms with Crippen molar-refractivity contribution < 1.29 is 0 Å². The van der Waals surface area contributed by atoms with Crippen molar-refractivity contribution in [2.24, 2.45) is 0 Å². The quantitative estimate of drug-likeness (QED) is 0.165. The minimum Gasteiger partial charge on any atom is -0.310 e. The van der Waals surface area contributed by atoms with Crippen molar-refractivity contribution in [1.29, 1.82) is 0 Å². The highest BCUT2D eigenvalue weighted by Crippen LogP contribution is 2.65. The van der Waals surface area contributed by atoms with Gasteiger partial charge in [-0.05, 0) is 115 Å².